The van der Waals surface area contributed by atoms with E-state index in [0.29, 0.717) is 9.90 Å². The zero-order valence-corrected chi connectivity index (χ0v) is 12.8. The average Bonchev–Trinajstić information content (AvgIpc) is 2.78. The average molecular weight is 301 g/mol. The third-order valence-corrected chi connectivity index (χ3v) is 5.17. The summed E-state index contributed by atoms with van der Waals surface area (Å²) in [5.41, 5.74) is 2.69. The molecule has 3 heteroatoms. The minimum absolute atomic E-state index is 0.0161. The van der Waals surface area contributed by atoms with Crippen LogP contribution in [0.15, 0.2) is 41.8 Å². The first-order valence-corrected chi connectivity index (χ1v) is 7.62. The van der Waals surface area contributed by atoms with Crippen molar-refractivity contribution in [1.82, 2.24) is 0 Å². The molecular formula is C17H13ClOS. The number of fused-ring (bicyclic) bond motifs is 1. The molecule has 0 N–H and O–H groups in total. The van der Waals surface area contributed by atoms with Gasteiger partial charge in [-0.05, 0) is 41.1 Å². The summed E-state index contributed by atoms with van der Waals surface area (Å²) in [6, 6.07) is 12.0. The molecule has 0 radical (unpaired) electrons. The molecule has 2 aromatic carbocycles. The SMILES string of the molecule is Cc1csc(C(=O)c2c(C)ccc3ccccc23)c1Cl. The maximum absolute atomic E-state index is 12.8. The van der Waals surface area contributed by atoms with Gasteiger partial charge < -0.3 is 0 Å². The Balaban J connectivity index is 2.26. The number of halogens is 1. The molecule has 0 aliphatic rings. The summed E-state index contributed by atoms with van der Waals surface area (Å²) in [7, 11) is 0. The van der Waals surface area contributed by atoms with Gasteiger partial charge in [0, 0.05) is 5.56 Å². The van der Waals surface area contributed by atoms with Crippen LogP contribution < -0.4 is 0 Å². The maximum atomic E-state index is 12.8. The molecule has 0 unspecified atom stereocenters. The molecule has 0 aliphatic carbocycles. The second-order valence-electron chi connectivity index (χ2n) is 4.87. The molecule has 0 atom stereocenters. The number of carbonyl (C=O) groups excluding carboxylic acids is 1. The highest BCUT2D eigenvalue weighted by atomic mass is 35.5. The molecule has 0 saturated carbocycles. The van der Waals surface area contributed by atoms with Crippen LogP contribution in [-0.2, 0) is 0 Å². The largest absolute Gasteiger partial charge is 0.288 e. The summed E-state index contributed by atoms with van der Waals surface area (Å²) in [4.78, 5) is 13.5. The number of hydrogen-bond donors (Lipinski definition) is 0. The van der Waals surface area contributed by atoms with Gasteiger partial charge in [0.25, 0.3) is 0 Å². The Bertz CT molecular complexity index is 817. The third kappa shape index (κ3) is 2.05. The summed E-state index contributed by atoms with van der Waals surface area (Å²) in [6.07, 6.45) is 0. The highest BCUT2D eigenvalue weighted by molar-refractivity contribution is 7.13. The van der Waals surface area contributed by atoms with Crippen molar-refractivity contribution in [3.8, 4) is 0 Å². The number of hydrogen-bond acceptors (Lipinski definition) is 2. The van der Waals surface area contributed by atoms with Gasteiger partial charge in [-0.1, -0.05) is 48.0 Å². The van der Waals surface area contributed by atoms with Gasteiger partial charge in [-0.25, -0.2) is 0 Å². The van der Waals surface area contributed by atoms with E-state index in [1.54, 1.807) is 0 Å². The van der Waals surface area contributed by atoms with Crippen LogP contribution in [0.1, 0.15) is 26.4 Å². The van der Waals surface area contributed by atoms with Crippen molar-refractivity contribution in [1.29, 1.82) is 0 Å². The van der Waals surface area contributed by atoms with Gasteiger partial charge in [-0.3, -0.25) is 4.79 Å². The number of rotatable bonds is 2. The first-order chi connectivity index (χ1) is 9.59. The number of ketones is 1. The van der Waals surface area contributed by atoms with Crippen molar-refractivity contribution in [2.75, 3.05) is 0 Å². The molecule has 0 aliphatic heterocycles. The molecule has 0 spiro atoms. The fraction of sp³-hybridized carbons (Fsp3) is 0.118. The zero-order valence-electron chi connectivity index (χ0n) is 11.2. The lowest BCUT2D eigenvalue weighted by Crippen LogP contribution is -2.03. The minimum Gasteiger partial charge on any atom is -0.288 e. The van der Waals surface area contributed by atoms with Gasteiger partial charge in [0.15, 0.2) is 0 Å². The summed E-state index contributed by atoms with van der Waals surface area (Å²) < 4.78 is 0. The Morgan fingerprint density at radius 2 is 1.80 bits per heavy atom. The second kappa shape index (κ2) is 5.04. The summed E-state index contributed by atoms with van der Waals surface area (Å²) >= 11 is 7.66. The molecule has 0 saturated heterocycles. The normalized spacial score (nSPS) is 10.9. The van der Waals surface area contributed by atoms with Crippen LogP contribution in [0.3, 0.4) is 0 Å². The fourth-order valence-corrected chi connectivity index (χ4v) is 3.60. The van der Waals surface area contributed by atoms with Crippen molar-refractivity contribution in [3.05, 3.63) is 68.4 Å². The van der Waals surface area contributed by atoms with Crippen LogP contribution in [0.25, 0.3) is 10.8 Å². The van der Waals surface area contributed by atoms with E-state index in [2.05, 4.69) is 0 Å². The Morgan fingerprint density at radius 1 is 1.05 bits per heavy atom. The van der Waals surface area contributed by atoms with E-state index < -0.39 is 0 Å². The van der Waals surface area contributed by atoms with Gasteiger partial charge in [-0.15, -0.1) is 11.3 Å². The monoisotopic (exact) mass is 300 g/mol. The van der Waals surface area contributed by atoms with Crippen molar-refractivity contribution in [3.63, 3.8) is 0 Å². The van der Waals surface area contributed by atoms with E-state index in [-0.39, 0.29) is 5.78 Å². The van der Waals surface area contributed by atoms with Crippen LogP contribution in [0, 0.1) is 13.8 Å². The topological polar surface area (TPSA) is 17.1 Å². The molecule has 20 heavy (non-hydrogen) atoms. The molecule has 100 valence electrons. The molecular weight excluding hydrogens is 288 g/mol. The van der Waals surface area contributed by atoms with Crippen molar-refractivity contribution >= 4 is 39.5 Å². The molecule has 0 amide bonds. The van der Waals surface area contributed by atoms with Crippen LogP contribution in [0.2, 0.25) is 5.02 Å². The number of aryl methyl sites for hydroxylation is 2. The summed E-state index contributed by atoms with van der Waals surface area (Å²) in [5, 5.41) is 4.56. The number of thiophene rings is 1. The second-order valence-corrected chi connectivity index (χ2v) is 6.13. The predicted octanol–water partition coefficient (Wildman–Crippen LogP) is 5.40. The minimum atomic E-state index is 0.0161. The number of benzene rings is 2. The van der Waals surface area contributed by atoms with Crippen molar-refractivity contribution in [2.24, 2.45) is 0 Å². The van der Waals surface area contributed by atoms with E-state index in [4.69, 9.17) is 11.6 Å². The molecule has 0 bridgehead atoms. The lowest BCUT2D eigenvalue weighted by molar-refractivity contribution is 0.104. The lowest BCUT2D eigenvalue weighted by atomic mass is 9.96. The van der Waals surface area contributed by atoms with Crippen molar-refractivity contribution in [2.45, 2.75) is 13.8 Å². The Kier molecular flexibility index (Phi) is 3.36. The van der Waals surface area contributed by atoms with E-state index >= 15 is 0 Å². The Labute approximate surface area is 126 Å². The molecule has 3 aromatic rings. The summed E-state index contributed by atoms with van der Waals surface area (Å²) in [5.74, 6) is 0.0161. The molecule has 3 rings (SSSR count). The van der Waals surface area contributed by atoms with Gasteiger partial charge in [-0.2, -0.15) is 0 Å². The van der Waals surface area contributed by atoms with Gasteiger partial charge in [0.1, 0.15) is 0 Å². The van der Waals surface area contributed by atoms with E-state index in [9.17, 15) is 4.79 Å². The van der Waals surface area contributed by atoms with Crippen molar-refractivity contribution < 1.29 is 4.79 Å². The zero-order chi connectivity index (χ0) is 14.3. The maximum Gasteiger partial charge on any atom is 0.205 e. The van der Waals surface area contributed by atoms with Crippen LogP contribution in [-0.4, -0.2) is 5.78 Å². The molecule has 1 nitrogen and oxygen atoms in total. The van der Waals surface area contributed by atoms with Gasteiger partial charge >= 0.3 is 0 Å². The summed E-state index contributed by atoms with van der Waals surface area (Å²) in [6.45, 7) is 3.89. The Hall–Kier alpha value is -1.64. The molecule has 1 aromatic heterocycles. The Morgan fingerprint density at radius 3 is 2.50 bits per heavy atom. The van der Waals surface area contributed by atoms with Gasteiger partial charge in [0.2, 0.25) is 5.78 Å². The highest BCUT2D eigenvalue weighted by Gasteiger charge is 2.20. The fourth-order valence-electron chi connectivity index (χ4n) is 2.38. The van der Waals surface area contributed by atoms with E-state index in [1.807, 2.05) is 55.6 Å². The van der Waals surface area contributed by atoms with Crippen LogP contribution in [0.5, 0.6) is 0 Å². The van der Waals surface area contributed by atoms with Crippen LogP contribution >= 0.6 is 22.9 Å². The number of carbonyl (C=O) groups is 1. The molecule has 1 heterocycles. The first kappa shape index (κ1) is 13.3. The lowest BCUT2D eigenvalue weighted by Gasteiger charge is -2.09. The van der Waals surface area contributed by atoms with E-state index in [0.717, 1.165) is 27.5 Å². The van der Waals surface area contributed by atoms with Gasteiger partial charge in [0.05, 0.1) is 9.90 Å². The highest BCUT2D eigenvalue weighted by Crippen LogP contribution is 2.32. The van der Waals surface area contributed by atoms with E-state index in [1.165, 1.54) is 11.3 Å². The third-order valence-electron chi connectivity index (χ3n) is 3.47. The standard InChI is InChI=1S/C17H13ClOS/c1-10-7-8-12-5-3-4-6-13(12)14(10)16(19)17-15(18)11(2)9-20-17/h3-9H,1-2H3. The predicted molar refractivity (Wildman–Crippen MR) is 86.2 cm³/mol. The smallest absolute Gasteiger partial charge is 0.205 e. The quantitative estimate of drug-likeness (QED) is 0.579. The first-order valence-electron chi connectivity index (χ1n) is 6.36. The van der Waals surface area contributed by atoms with Crippen LogP contribution in [0.4, 0.5) is 0 Å². The molecule has 0 fully saturated rings.